The number of rotatable bonds is 3. The van der Waals surface area contributed by atoms with E-state index < -0.39 is 5.91 Å². The maximum Gasteiger partial charge on any atom is 0.266 e. The second-order valence-corrected chi connectivity index (χ2v) is 5.00. The van der Waals surface area contributed by atoms with E-state index in [2.05, 4.69) is 5.32 Å². The fraction of sp³-hybridized carbons (Fsp3) is 0.111. The molecule has 4 nitrogen and oxygen atoms in total. The molecule has 0 saturated carbocycles. The average molecular weight is 292 g/mol. The van der Waals surface area contributed by atoms with Gasteiger partial charge < -0.3 is 10.4 Å². The summed E-state index contributed by atoms with van der Waals surface area (Å²) in [4.78, 5) is 12.2. The average Bonchev–Trinajstić information content (AvgIpc) is 2.50. The van der Waals surface area contributed by atoms with Gasteiger partial charge in [-0.25, -0.2) is 0 Å². The van der Waals surface area contributed by atoms with Gasteiger partial charge in [-0.1, -0.05) is 30.3 Å². The maximum absolute atomic E-state index is 12.2. The normalized spacial score (nSPS) is 10.9. The molecule has 0 unspecified atom stereocenters. The van der Waals surface area contributed by atoms with Crippen LogP contribution in [0.15, 0.2) is 48.0 Å². The standard InChI is InChI=1S/C18H16N2O2/c1-12-7-8-13(2)16(9-12)20-18(22)15(11-19)10-14-5-3-4-6-17(14)21/h3-10,21H,1-2H3,(H,20,22). The minimum absolute atomic E-state index is 0.0230. The Morgan fingerprint density at radius 2 is 1.95 bits per heavy atom. The third-order valence-corrected chi connectivity index (χ3v) is 3.24. The van der Waals surface area contributed by atoms with Gasteiger partial charge in [-0.3, -0.25) is 4.79 Å². The minimum atomic E-state index is -0.501. The number of carbonyl (C=O) groups is 1. The van der Waals surface area contributed by atoms with Crippen LogP contribution in [0.4, 0.5) is 5.69 Å². The Bertz CT molecular complexity index is 786. The van der Waals surface area contributed by atoms with Gasteiger partial charge in [0.15, 0.2) is 0 Å². The van der Waals surface area contributed by atoms with Gasteiger partial charge in [0, 0.05) is 11.3 Å². The van der Waals surface area contributed by atoms with Crippen LogP contribution in [-0.2, 0) is 4.79 Å². The Labute approximate surface area is 129 Å². The number of nitrogens with zero attached hydrogens (tertiary/aromatic N) is 1. The van der Waals surface area contributed by atoms with E-state index in [1.54, 1.807) is 18.2 Å². The number of phenols is 1. The Balaban J connectivity index is 2.29. The molecule has 2 N–H and O–H groups in total. The van der Waals surface area contributed by atoms with Crippen LogP contribution in [0.5, 0.6) is 5.75 Å². The van der Waals surface area contributed by atoms with Gasteiger partial charge in [-0.2, -0.15) is 5.26 Å². The molecule has 0 spiro atoms. The first-order valence-corrected chi connectivity index (χ1v) is 6.79. The van der Waals surface area contributed by atoms with Gasteiger partial charge in [0.25, 0.3) is 5.91 Å². The van der Waals surface area contributed by atoms with E-state index in [9.17, 15) is 15.2 Å². The molecule has 2 aromatic carbocycles. The van der Waals surface area contributed by atoms with Crippen LogP contribution in [0.3, 0.4) is 0 Å². The number of phenolic OH excluding ortho intramolecular Hbond substituents is 1. The van der Waals surface area contributed by atoms with Gasteiger partial charge in [0.05, 0.1) is 0 Å². The molecular weight excluding hydrogens is 276 g/mol. The zero-order valence-corrected chi connectivity index (χ0v) is 12.4. The summed E-state index contributed by atoms with van der Waals surface area (Å²) in [5.74, 6) is -0.478. The second kappa shape index (κ2) is 6.59. The fourth-order valence-corrected chi connectivity index (χ4v) is 1.97. The zero-order valence-electron chi connectivity index (χ0n) is 12.4. The van der Waals surface area contributed by atoms with Crippen LogP contribution in [-0.4, -0.2) is 11.0 Å². The van der Waals surface area contributed by atoms with Crippen molar-refractivity contribution in [1.29, 1.82) is 5.26 Å². The number of amides is 1. The summed E-state index contributed by atoms with van der Waals surface area (Å²) in [5, 5.41) is 21.6. The highest BCUT2D eigenvalue weighted by Gasteiger charge is 2.11. The number of nitrogens with one attached hydrogen (secondary N) is 1. The van der Waals surface area contributed by atoms with E-state index >= 15 is 0 Å². The van der Waals surface area contributed by atoms with E-state index in [-0.39, 0.29) is 11.3 Å². The molecule has 0 aliphatic rings. The summed E-state index contributed by atoms with van der Waals surface area (Å²) < 4.78 is 0. The van der Waals surface area contributed by atoms with E-state index in [1.807, 2.05) is 38.1 Å². The molecule has 0 bridgehead atoms. The van der Waals surface area contributed by atoms with Gasteiger partial charge in [-0.15, -0.1) is 0 Å². The van der Waals surface area contributed by atoms with Crippen LogP contribution in [0.2, 0.25) is 0 Å². The van der Waals surface area contributed by atoms with Crippen molar-refractivity contribution in [3.8, 4) is 11.8 Å². The minimum Gasteiger partial charge on any atom is -0.507 e. The summed E-state index contributed by atoms with van der Waals surface area (Å²) in [6, 6.07) is 14.1. The first kappa shape index (κ1) is 15.3. The Hall–Kier alpha value is -3.06. The van der Waals surface area contributed by atoms with Gasteiger partial charge >= 0.3 is 0 Å². The lowest BCUT2D eigenvalue weighted by atomic mass is 10.1. The zero-order chi connectivity index (χ0) is 16.1. The lowest BCUT2D eigenvalue weighted by Gasteiger charge is -2.09. The van der Waals surface area contributed by atoms with Gasteiger partial charge in [-0.05, 0) is 43.2 Å². The summed E-state index contributed by atoms with van der Waals surface area (Å²) in [6.07, 6.45) is 1.37. The van der Waals surface area contributed by atoms with Crippen LogP contribution < -0.4 is 5.32 Å². The highest BCUT2D eigenvalue weighted by molar-refractivity contribution is 6.10. The number of aryl methyl sites for hydroxylation is 2. The predicted octanol–water partition coefficient (Wildman–Crippen LogP) is 3.55. The summed E-state index contributed by atoms with van der Waals surface area (Å²) in [7, 11) is 0. The molecule has 0 heterocycles. The van der Waals surface area contributed by atoms with E-state index in [0.29, 0.717) is 11.3 Å². The van der Waals surface area contributed by atoms with Gasteiger partial charge in [0.1, 0.15) is 17.4 Å². The molecule has 0 fully saturated rings. The second-order valence-electron chi connectivity index (χ2n) is 5.00. The van der Waals surface area contributed by atoms with E-state index in [1.165, 1.54) is 12.1 Å². The van der Waals surface area contributed by atoms with E-state index in [0.717, 1.165) is 11.1 Å². The molecule has 1 amide bonds. The first-order valence-electron chi connectivity index (χ1n) is 6.79. The monoisotopic (exact) mass is 292 g/mol. The molecular formula is C18H16N2O2. The molecule has 0 atom stereocenters. The molecule has 0 aliphatic carbocycles. The maximum atomic E-state index is 12.2. The van der Waals surface area contributed by atoms with Crippen LogP contribution in [0.25, 0.3) is 6.08 Å². The number of hydrogen-bond acceptors (Lipinski definition) is 3. The van der Waals surface area contributed by atoms with E-state index in [4.69, 9.17) is 0 Å². The summed E-state index contributed by atoms with van der Waals surface area (Å²) >= 11 is 0. The van der Waals surface area contributed by atoms with Crippen LogP contribution in [0, 0.1) is 25.2 Å². The molecule has 4 heteroatoms. The topological polar surface area (TPSA) is 73.1 Å². The Kier molecular flexibility index (Phi) is 4.60. The number of nitriles is 1. The summed E-state index contributed by atoms with van der Waals surface area (Å²) in [6.45, 7) is 3.81. The van der Waals surface area contributed by atoms with Gasteiger partial charge in [0.2, 0.25) is 0 Å². The van der Waals surface area contributed by atoms with Crippen molar-refractivity contribution < 1.29 is 9.90 Å². The lowest BCUT2D eigenvalue weighted by molar-refractivity contribution is -0.112. The largest absolute Gasteiger partial charge is 0.507 e. The first-order chi connectivity index (χ1) is 10.5. The predicted molar refractivity (Wildman–Crippen MR) is 86.2 cm³/mol. The Morgan fingerprint density at radius 1 is 1.23 bits per heavy atom. The van der Waals surface area contributed by atoms with Crippen molar-refractivity contribution in [2.75, 3.05) is 5.32 Å². The van der Waals surface area contributed by atoms with Crippen LogP contribution in [0.1, 0.15) is 16.7 Å². The number of para-hydroxylation sites is 1. The smallest absolute Gasteiger partial charge is 0.266 e. The van der Waals surface area contributed by atoms with Crippen molar-refractivity contribution in [3.05, 3.63) is 64.7 Å². The highest BCUT2D eigenvalue weighted by Crippen LogP contribution is 2.21. The molecule has 2 rings (SSSR count). The third-order valence-electron chi connectivity index (χ3n) is 3.24. The molecule has 22 heavy (non-hydrogen) atoms. The number of aromatic hydroxyl groups is 1. The van der Waals surface area contributed by atoms with Crippen molar-refractivity contribution in [2.45, 2.75) is 13.8 Å². The molecule has 0 radical (unpaired) electrons. The number of benzene rings is 2. The van der Waals surface area contributed by atoms with Crippen molar-refractivity contribution >= 4 is 17.7 Å². The third kappa shape index (κ3) is 3.53. The number of carbonyl (C=O) groups excluding carboxylic acids is 1. The fourth-order valence-electron chi connectivity index (χ4n) is 1.97. The molecule has 0 aromatic heterocycles. The molecule has 0 saturated heterocycles. The van der Waals surface area contributed by atoms with Crippen molar-refractivity contribution in [1.82, 2.24) is 0 Å². The Morgan fingerprint density at radius 3 is 2.64 bits per heavy atom. The number of hydrogen-bond donors (Lipinski definition) is 2. The highest BCUT2D eigenvalue weighted by atomic mass is 16.3. The molecule has 110 valence electrons. The number of anilines is 1. The van der Waals surface area contributed by atoms with Crippen LogP contribution >= 0.6 is 0 Å². The molecule has 0 aliphatic heterocycles. The van der Waals surface area contributed by atoms with Crippen molar-refractivity contribution in [3.63, 3.8) is 0 Å². The quantitative estimate of drug-likeness (QED) is 0.671. The van der Waals surface area contributed by atoms with Crippen molar-refractivity contribution in [2.24, 2.45) is 0 Å². The molecule has 2 aromatic rings. The lowest BCUT2D eigenvalue weighted by Crippen LogP contribution is -2.14. The summed E-state index contributed by atoms with van der Waals surface area (Å²) in [5.41, 5.74) is 2.96. The SMILES string of the molecule is Cc1ccc(C)c(NC(=O)C(C#N)=Cc2ccccc2O)c1.